The van der Waals surface area contributed by atoms with Crippen molar-refractivity contribution in [1.29, 1.82) is 0 Å². The fourth-order valence-electron chi connectivity index (χ4n) is 4.32. The van der Waals surface area contributed by atoms with Crippen LogP contribution in [0.25, 0.3) is 0 Å². The molecule has 0 aliphatic carbocycles. The number of nitrogens with one attached hydrogen (secondary N) is 1. The quantitative estimate of drug-likeness (QED) is 0.622. The molecule has 1 aromatic rings. The summed E-state index contributed by atoms with van der Waals surface area (Å²) in [6, 6.07) is 0.980. The third-order valence-electron chi connectivity index (χ3n) is 6.37. The van der Waals surface area contributed by atoms with E-state index in [0.29, 0.717) is 18.0 Å². The molecule has 3 unspecified atom stereocenters. The Labute approximate surface area is 164 Å². The highest BCUT2D eigenvalue weighted by molar-refractivity contribution is 5.80. The van der Waals surface area contributed by atoms with Gasteiger partial charge in [-0.15, -0.1) is 0 Å². The van der Waals surface area contributed by atoms with Crippen LogP contribution >= 0.6 is 0 Å². The summed E-state index contributed by atoms with van der Waals surface area (Å²) in [5.41, 5.74) is 0. The zero-order valence-corrected chi connectivity index (χ0v) is 17.5. The van der Waals surface area contributed by atoms with Gasteiger partial charge in [0.2, 0.25) is 0 Å². The zero-order chi connectivity index (χ0) is 19.2. The predicted molar refractivity (Wildman–Crippen MR) is 111 cm³/mol. The number of guanidine groups is 1. The minimum absolute atomic E-state index is 0.458. The van der Waals surface area contributed by atoms with Gasteiger partial charge in [0.25, 0.3) is 0 Å². The van der Waals surface area contributed by atoms with E-state index in [1.165, 1.54) is 39.1 Å². The lowest BCUT2D eigenvalue weighted by Gasteiger charge is -2.40. The maximum Gasteiger partial charge on any atom is 0.193 e. The van der Waals surface area contributed by atoms with E-state index >= 15 is 0 Å². The van der Waals surface area contributed by atoms with E-state index in [2.05, 4.69) is 61.5 Å². The third kappa shape index (κ3) is 5.02. The molecule has 3 atom stereocenters. The van der Waals surface area contributed by atoms with Gasteiger partial charge >= 0.3 is 0 Å². The van der Waals surface area contributed by atoms with Crippen molar-refractivity contribution in [3.63, 3.8) is 0 Å². The fourth-order valence-corrected chi connectivity index (χ4v) is 4.32. The van der Waals surface area contributed by atoms with Crippen LogP contribution in [0, 0.1) is 5.92 Å². The highest BCUT2D eigenvalue weighted by atomic mass is 15.3. The van der Waals surface area contributed by atoms with Gasteiger partial charge in [0.05, 0.1) is 12.4 Å². The molecule has 0 spiro atoms. The largest absolute Gasteiger partial charge is 0.355 e. The van der Waals surface area contributed by atoms with E-state index in [4.69, 9.17) is 0 Å². The molecule has 7 heteroatoms. The smallest absolute Gasteiger partial charge is 0.193 e. The second-order valence-electron chi connectivity index (χ2n) is 8.04. The first kappa shape index (κ1) is 20.1. The second kappa shape index (κ2) is 9.55. The number of aromatic nitrogens is 2. The number of nitrogens with zero attached hydrogens (tertiary/aromatic N) is 6. The first-order valence-electron chi connectivity index (χ1n) is 10.5. The SMILES string of the molecule is CCN1CCN(C(C)CNC(=NC)N2CCC(C)C(n3ccnc3)C2)CC1. The number of likely N-dealkylation sites (N-methyl/N-ethyl adjacent to an activating group) is 1. The van der Waals surface area contributed by atoms with Gasteiger partial charge in [0, 0.05) is 71.3 Å². The number of imidazole rings is 1. The van der Waals surface area contributed by atoms with Crippen LogP contribution in [0.3, 0.4) is 0 Å². The van der Waals surface area contributed by atoms with Gasteiger partial charge in [-0.1, -0.05) is 13.8 Å². The first-order chi connectivity index (χ1) is 13.1. The van der Waals surface area contributed by atoms with Crippen LogP contribution in [-0.2, 0) is 0 Å². The average molecular weight is 376 g/mol. The van der Waals surface area contributed by atoms with E-state index < -0.39 is 0 Å². The van der Waals surface area contributed by atoms with Crippen LogP contribution in [0.15, 0.2) is 23.7 Å². The predicted octanol–water partition coefficient (Wildman–Crippen LogP) is 1.37. The molecule has 3 rings (SSSR count). The molecule has 0 bridgehead atoms. The molecule has 7 nitrogen and oxygen atoms in total. The summed E-state index contributed by atoms with van der Waals surface area (Å²) in [6.07, 6.45) is 7.08. The molecule has 1 N–H and O–H groups in total. The van der Waals surface area contributed by atoms with Crippen molar-refractivity contribution in [2.45, 2.75) is 39.3 Å². The summed E-state index contributed by atoms with van der Waals surface area (Å²) in [4.78, 5) is 16.3. The van der Waals surface area contributed by atoms with E-state index in [1.807, 2.05) is 19.6 Å². The van der Waals surface area contributed by atoms with Crippen molar-refractivity contribution < 1.29 is 0 Å². The summed E-state index contributed by atoms with van der Waals surface area (Å²) in [6.45, 7) is 15.8. The lowest BCUT2D eigenvalue weighted by Crippen LogP contribution is -2.54. The van der Waals surface area contributed by atoms with E-state index in [-0.39, 0.29) is 0 Å². The van der Waals surface area contributed by atoms with Gasteiger partial charge in [-0.25, -0.2) is 4.98 Å². The standard InChI is InChI=1S/C20H37N7/c1-5-24-10-12-25(13-11-24)18(3)14-23-20(21-4)26-8-6-17(2)19(15-26)27-9-7-22-16-27/h7,9,16-19H,5-6,8,10-15H2,1-4H3,(H,21,23). The maximum absolute atomic E-state index is 4.57. The molecule has 152 valence electrons. The number of piperazine rings is 1. The van der Waals surface area contributed by atoms with Crippen LogP contribution in [-0.4, -0.2) is 95.7 Å². The van der Waals surface area contributed by atoms with Gasteiger partial charge in [0.15, 0.2) is 5.96 Å². The molecule has 0 aromatic carbocycles. The Morgan fingerprint density at radius 3 is 2.67 bits per heavy atom. The van der Waals surface area contributed by atoms with Gasteiger partial charge in [0.1, 0.15) is 0 Å². The molecule has 1 aromatic heterocycles. The summed E-state index contributed by atoms with van der Waals surface area (Å²) >= 11 is 0. The van der Waals surface area contributed by atoms with Crippen LogP contribution in [0.2, 0.25) is 0 Å². The van der Waals surface area contributed by atoms with Crippen LogP contribution < -0.4 is 5.32 Å². The van der Waals surface area contributed by atoms with E-state index in [0.717, 1.165) is 25.6 Å². The minimum Gasteiger partial charge on any atom is -0.355 e. The highest BCUT2D eigenvalue weighted by Gasteiger charge is 2.29. The fraction of sp³-hybridized carbons (Fsp3) is 0.800. The van der Waals surface area contributed by atoms with Crippen molar-refractivity contribution >= 4 is 5.96 Å². The number of hydrogen-bond acceptors (Lipinski definition) is 4. The average Bonchev–Trinajstić information content (AvgIpc) is 3.24. The Bertz CT molecular complexity index is 577. The lowest BCUT2D eigenvalue weighted by molar-refractivity contribution is 0.106. The minimum atomic E-state index is 0.458. The van der Waals surface area contributed by atoms with Gasteiger partial charge in [-0.05, 0) is 25.8 Å². The van der Waals surface area contributed by atoms with Crippen molar-refractivity contribution in [3.05, 3.63) is 18.7 Å². The van der Waals surface area contributed by atoms with Gasteiger partial charge in [-0.3, -0.25) is 9.89 Å². The molecule has 0 saturated carbocycles. The molecular formula is C20H37N7. The summed E-state index contributed by atoms with van der Waals surface area (Å²) < 4.78 is 2.25. The summed E-state index contributed by atoms with van der Waals surface area (Å²) in [5.74, 6) is 1.69. The molecule has 0 amide bonds. The van der Waals surface area contributed by atoms with Crippen molar-refractivity contribution in [2.75, 3.05) is 59.4 Å². The monoisotopic (exact) mass is 375 g/mol. The molecular weight excluding hydrogens is 338 g/mol. The van der Waals surface area contributed by atoms with E-state index in [1.54, 1.807) is 0 Å². The Morgan fingerprint density at radius 2 is 2.04 bits per heavy atom. The molecule has 0 radical (unpaired) electrons. The highest BCUT2D eigenvalue weighted by Crippen LogP contribution is 2.27. The summed E-state index contributed by atoms with van der Waals surface area (Å²) in [5, 5.41) is 3.64. The summed E-state index contributed by atoms with van der Waals surface area (Å²) in [7, 11) is 1.90. The van der Waals surface area contributed by atoms with Crippen molar-refractivity contribution in [1.82, 2.24) is 29.6 Å². The number of aliphatic imine (C=N–C) groups is 1. The van der Waals surface area contributed by atoms with E-state index in [9.17, 15) is 0 Å². The molecule has 2 aliphatic rings. The Kier molecular flexibility index (Phi) is 7.13. The maximum atomic E-state index is 4.57. The lowest BCUT2D eigenvalue weighted by atomic mass is 9.93. The third-order valence-corrected chi connectivity index (χ3v) is 6.37. The number of likely N-dealkylation sites (tertiary alicyclic amines) is 1. The number of rotatable bonds is 5. The first-order valence-corrected chi connectivity index (χ1v) is 10.5. The van der Waals surface area contributed by atoms with Gasteiger partial charge in [-0.2, -0.15) is 0 Å². The van der Waals surface area contributed by atoms with Crippen molar-refractivity contribution in [3.8, 4) is 0 Å². The molecule has 3 heterocycles. The molecule has 2 aliphatic heterocycles. The Balaban J connectivity index is 1.51. The molecule has 27 heavy (non-hydrogen) atoms. The normalized spacial score (nSPS) is 27.0. The second-order valence-corrected chi connectivity index (χ2v) is 8.04. The van der Waals surface area contributed by atoms with Gasteiger partial charge < -0.3 is 19.7 Å². The topological polar surface area (TPSA) is 51.9 Å². The Hall–Kier alpha value is -1.60. The van der Waals surface area contributed by atoms with Crippen LogP contribution in [0.5, 0.6) is 0 Å². The number of piperidine rings is 1. The number of hydrogen-bond donors (Lipinski definition) is 1. The zero-order valence-electron chi connectivity index (χ0n) is 17.5. The van der Waals surface area contributed by atoms with Crippen LogP contribution in [0.1, 0.15) is 33.2 Å². The molecule has 2 saturated heterocycles. The van der Waals surface area contributed by atoms with Crippen LogP contribution in [0.4, 0.5) is 0 Å². The van der Waals surface area contributed by atoms with Crippen molar-refractivity contribution in [2.24, 2.45) is 10.9 Å². The Morgan fingerprint density at radius 1 is 1.26 bits per heavy atom. The molecule has 2 fully saturated rings.